The van der Waals surface area contributed by atoms with Gasteiger partial charge in [-0.3, -0.25) is 4.99 Å². The zero-order valence-electron chi connectivity index (χ0n) is 18.0. The molecule has 0 fully saturated rings. The largest absolute Gasteiger partial charge is 0.460 e. The third-order valence-corrected chi connectivity index (χ3v) is 5.18. The highest BCUT2D eigenvalue weighted by molar-refractivity contribution is 5.99. The minimum Gasteiger partial charge on any atom is -0.289 e. The Bertz CT molecular complexity index is 1060. The van der Waals surface area contributed by atoms with Gasteiger partial charge in [-0.25, -0.2) is 0 Å². The van der Waals surface area contributed by atoms with Crippen LogP contribution in [0.3, 0.4) is 0 Å². The lowest BCUT2D eigenvalue weighted by atomic mass is 9.92. The normalized spacial score (nSPS) is 14.8. The third-order valence-electron chi connectivity index (χ3n) is 5.18. The quantitative estimate of drug-likeness (QED) is 0.224. The van der Waals surface area contributed by atoms with Gasteiger partial charge in [-0.1, -0.05) is 54.6 Å². The molecule has 36 heavy (non-hydrogen) atoms. The lowest BCUT2D eigenvalue weighted by Crippen LogP contribution is -2.70. The molecule has 0 radical (unpaired) electrons. The van der Waals surface area contributed by atoms with E-state index in [-0.39, 0.29) is 11.3 Å². The SMILES string of the molecule is CC(=NCCC(F)(F)C(F)(F)C(F)(F)C(F)(F)C(F)(F)C(F)(F)F)c1ccc(-c2ccccc2)cc1. The molecule has 0 spiro atoms. The van der Waals surface area contributed by atoms with Crippen LogP contribution >= 0.6 is 0 Å². The van der Waals surface area contributed by atoms with Crippen LogP contribution in [0.1, 0.15) is 18.9 Å². The molecule has 2 aromatic rings. The summed E-state index contributed by atoms with van der Waals surface area (Å²) in [5.74, 6) is -36.8. The fraction of sp³-hybridized carbons (Fsp3) is 0.409. The Kier molecular flexibility index (Phi) is 7.83. The predicted octanol–water partition coefficient (Wildman–Crippen LogP) is 8.29. The van der Waals surface area contributed by atoms with Crippen molar-refractivity contribution in [3.8, 4) is 11.1 Å². The van der Waals surface area contributed by atoms with Crippen molar-refractivity contribution in [1.82, 2.24) is 0 Å². The molecule has 0 amide bonds. The number of hydrogen-bond acceptors (Lipinski definition) is 1. The average Bonchev–Trinajstić information content (AvgIpc) is 2.78. The highest BCUT2D eigenvalue weighted by Gasteiger charge is 2.90. The van der Waals surface area contributed by atoms with Crippen LogP contribution in [0.15, 0.2) is 59.6 Å². The zero-order chi connectivity index (χ0) is 27.8. The molecule has 0 aliphatic rings. The predicted molar refractivity (Wildman–Crippen MR) is 104 cm³/mol. The molecule has 2 rings (SSSR count). The van der Waals surface area contributed by atoms with Crippen LogP contribution in [0.5, 0.6) is 0 Å². The Morgan fingerprint density at radius 2 is 1.03 bits per heavy atom. The molecule has 0 bridgehead atoms. The highest BCUT2D eigenvalue weighted by atomic mass is 19.4. The Labute approximate surface area is 195 Å². The van der Waals surface area contributed by atoms with E-state index in [0.717, 1.165) is 11.1 Å². The van der Waals surface area contributed by atoms with Crippen molar-refractivity contribution in [3.05, 3.63) is 60.2 Å². The van der Waals surface area contributed by atoms with Gasteiger partial charge in [0.2, 0.25) is 0 Å². The Morgan fingerprint density at radius 3 is 1.50 bits per heavy atom. The fourth-order valence-electron chi connectivity index (χ4n) is 2.95. The van der Waals surface area contributed by atoms with E-state index in [1.807, 2.05) is 0 Å². The molecule has 0 N–H and O–H groups in total. The van der Waals surface area contributed by atoms with Gasteiger partial charge in [-0.2, -0.15) is 57.1 Å². The van der Waals surface area contributed by atoms with Crippen molar-refractivity contribution in [2.45, 2.75) is 49.1 Å². The van der Waals surface area contributed by atoms with Crippen LogP contribution in [-0.2, 0) is 0 Å². The van der Waals surface area contributed by atoms with Gasteiger partial charge in [0.1, 0.15) is 0 Å². The van der Waals surface area contributed by atoms with Gasteiger partial charge < -0.3 is 0 Å². The first kappa shape index (κ1) is 29.4. The molecule has 0 saturated heterocycles. The molecular formula is C22H16F13N. The van der Waals surface area contributed by atoms with E-state index >= 15 is 0 Å². The molecule has 200 valence electrons. The number of aliphatic imine (C=N–C) groups is 1. The van der Waals surface area contributed by atoms with Gasteiger partial charge in [0.15, 0.2) is 0 Å². The van der Waals surface area contributed by atoms with E-state index in [0.29, 0.717) is 0 Å². The monoisotopic (exact) mass is 541 g/mol. The second-order valence-corrected chi connectivity index (χ2v) is 7.66. The molecular weight excluding hydrogens is 525 g/mol. The van der Waals surface area contributed by atoms with Crippen LogP contribution in [0.4, 0.5) is 57.1 Å². The second-order valence-electron chi connectivity index (χ2n) is 7.66. The Hall–Kier alpha value is -2.80. The van der Waals surface area contributed by atoms with Crippen molar-refractivity contribution >= 4 is 5.71 Å². The Balaban J connectivity index is 2.21. The number of halogens is 13. The number of alkyl halides is 13. The van der Waals surface area contributed by atoms with Crippen LogP contribution in [0.2, 0.25) is 0 Å². The van der Waals surface area contributed by atoms with Crippen LogP contribution in [0.25, 0.3) is 11.1 Å². The summed E-state index contributed by atoms with van der Waals surface area (Å²) >= 11 is 0. The fourth-order valence-corrected chi connectivity index (χ4v) is 2.95. The third kappa shape index (κ3) is 5.03. The first-order valence-corrected chi connectivity index (χ1v) is 9.83. The number of hydrogen-bond donors (Lipinski definition) is 0. The minimum absolute atomic E-state index is 0.0607. The van der Waals surface area contributed by atoms with Gasteiger partial charge >= 0.3 is 35.8 Å². The van der Waals surface area contributed by atoms with E-state index < -0.39 is 48.8 Å². The van der Waals surface area contributed by atoms with Crippen molar-refractivity contribution in [2.75, 3.05) is 6.54 Å². The molecule has 2 aromatic carbocycles. The number of benzene rings is 2. The van der Waals surface area contributed by atoms with Gasteiger partial charge in [0.25, 0.3) is 0 Å². The lowest BCUT2D eigenvalue weighted by molar-refractivity contribution is -0.440. The highest BCUT2D eigenvalue weighted by Crippen LogP contribution is 2.60. The molecule has 0 aliphatic carbocycles. The molecule has 0 unspecified atom stereocenters. The average molecular weight is 541 g/mol. The summed E-state index contributed by atoms with van der Waals surface area (Å²) < 4.78 is 171. The molecule has 0 saturated carbocycles. The standard InChI is InChI=1S/C22H16F13N/c1-13(14-7-9-16(10-8-14)15-5-3-2-4-6-15)36-12-11-17(23,24)18(25,26)19(27,28)20(29,30)21(31,32)22(33,34)35/h2-10H,11-12H2,1H3. The summed E-state index contributed by atoms with van der Waals surface area (Å²) in [5, 5.41) is 0. The van der Waals surface area contributed by atoms with E-state index in [4.69, 9.17) is 0 Å². The van der Waals surface area contributed by atoms with E-state index in [9.17, 15) is 57.1 Å². The van der Waals surface area contributed by atoms with Crippen molar-refractivity contribution in [1.29, 1.82) is 0 Å². The van der Waals surface area contributed by atoms with Gasteiger partial charge in [-0.05, 0) is 23.6 Å². The smallest absolute Gasteiger partial charge is 0.289 e. The van der Waals surface area contributed by atoms with E-state index in [1.165, 1.54) is 19.1 Å². The number of nitrogens with zero attached hydrogens (tertiary/aromatic N) is 1. The summed E-state index contributed by atoms with van der Waals surface area (Å²) in [6.45, 7) is -0.146. The molecule has 14 heteroatoms. The van der Waals surface area contributed by atoms with Crippen molar-refractivity contribution in [3.63, 3.8) is 0 Å². The van der Waals surface area contributed by atoms with Crippen LogP contribution < -0.4 is 0 Å². The first-order chi connectivity index (χ1) is 16.2. The maximum atomic E-state index is 13.8. The summed E-state index contributed by atoms with van der Waals surface area (Å²) in [7, 11) is 0. The van der Waals surface area contributed by atoms with Crippen molar-refractivity contribution < 1.29 is 57.1 Å². The second kappa shape index (κ2) is 9.58. The maximum Gasteiger partial charge on any atom is 0.460 e. The van der Waals surface area contributed by atoms with Gasteiger partial charge in [0.05, 0.1) is 0 Å². The van der Waals surface area contributed by atoms with Gasteiger partial charge in [0, 0.05) is 18.7 Å². The molecule has 1 nitrogen and oxygen atoms in total. The minimum atomic E-state index is -7.90. The van der Waals surface area contributed by atoms with Crippen LogP contribution in [0, 0.1) is 0 Å². The molecule has 0 heterocycles. The Morgan fingerprint density at radius 1 is 0.583 bits per heavy atom. The van der Waals surface area contributed by atoms with Crippen molar-refractivity contribution in [2.24, 2.45) is 4.99 Å². The first-order valence-electron chi connectivity index (χ1n) is 9.83. The van der Waals surface area contributed by atoms with E-state index in [1.54, 1.807) is 42.5 Å². The van der Waals surface area contributed by atoms with E-state index in [2.05, 4.69) is 4.99 Å². The number of rotatable bonds is 9. The maximum absolute atomic E-state index is 13.8. The molecule has 0 atom stereocenters. The summed E-state index contributed by atoms with van der Waals surface area (Å²) in [6, 6.07) is 15.0. The van der Waals surface area contributed by atoms with Crippen LogP contribution in [-0.4, -0.2) is 48.0 Å². The lowest BCUT2D eigenvalue weighted by Gasteiger charge is -2.39. The summed E-state index contributed by atoms with van der Waals surface area (Å²) in [5.41, 5.74) is 1.77. The topological polar surface area (TPSA) is 12.4 Å². The summed E-state index contributed by atoms with van der Waals surface area (Å²) in [6.07, 6.45) is -9.79. The molecule has 0 aromatic heterocycles. The zero-order valence-corrected chi connectivity index (χ0v) is 18.0. The van der Waals surface area contributed by atoms with Gasteiger partial charge in [-0.15, -0.1) is 0 Å². The summed E-state index contributed by atoms with van der Waals surface area (Å²) in [4.78, 5) is 3.47. The molecule has 0 aliphatic heterocycles.